The molecule has 1 N–H and O–H groups in total. The lowest BCUT2D eigenvalue weighted by atomic mass is 10.1. The molecule has 0 radical (unpaired) electrons. The number of nitrogens with one attached hydrogen (secondary N) is 1. The van der Waals surface area contributed by atoms with Crippen LogP contribution < -0.4 is 5.16 Å². The Bertz CT molecular complexity index is 1390. The summed E-state index contributed by atoms with van der Waals surface area (Å²) in [5, 5.41) is 3.94. The minimum Gasteiger partial charge on any atom is -0.344 e. The quantitative estimate of drug-likeness (QED) is 0.328. The van der Waals surface area contributed by atoms with Crippen molar-refractivity contribution >= 4 is 22.7 Å². The van der Waals surface area contributed by atoms with Gasteiger partial charge >= 0.3 is 29.5 Å². The number of aromatic nitrogens is 6. The van der Waals surface area contributed by atoms with Gasteiger partial charge in [-0.25, -0.2) is 15.0 Å². The molecule has 0 atom stereocenters. The molecule has 33 heavy (non-hydrogen) atoms. The second kappa shape index (κ2) is 7.30. The highest BCUT2D eigenvalue weighted by atomic mass is 32.1. The van der Waals surface area contributed by atoms with Crippen molar-refractivity contribution in [1.29, 1.82) is 4.78 Å². The van der Waals surface area contributed by atoms with Gasteiger partial charge in [-0.2, -0.15) is 26.5 Å². The molecule has 1 saturated carbocycles. The van der Waals surface area contributed by atoms with E-state index in [1.54, 1.807) is 6.07 Å². The van der Waals surface area contributed by atoms with Gasteiger partial charge in [0.15, 0.2) is 17.2 Å². The highest BCUT2D eigenvalue weighted by molar-refractivity contribution is 7.67. The lowest BCUT2D eigenvalue weighted by Crippen LogP contribution is -2.33. The predicted octanol–water partition coefficient (Wildman–Crippen LogP) is 4.66. The van der Waals surface area contributed by atoms with Crippen LogP contribution in [0.3, 0.4) is 0 Å². The molecule has 0 unspecified atom stereocenters. The molecule has 0 amide bonds. The van der Waals surface area contributed by atoms with Crippen LogP contribution in [0.2, 0.25) is 0 Å². The van der Waals surface area contributed by atoms with Crippen molar-refractivity contribution in [3.05, 3.63) is 36.0 Å². The van der Waals surface area contributed by atoms with E-state index >= 15 is 0 Å². The fourth-order valence-electron chi connectivity index (χ4n) is 3.28. The molecular formula is C19H13F5N7OS+. The zero-order chi connectivity index (χ0) is 23.5. The Morgan fingerprint density at radius 1 is 1.12 bits per heavy atom. The molecule has 0 saturated heterocycles. The third-order valence-electron chi connectivity index (χ3n) is 5.23. The molecule has 5 rings (SSSR count). The second-order valence-electron chi connectivity index (χ2n) is 7.54. The Hall–Kier alpha value is -3.42. The number of fused-ring (bicyclic) bond motifs is 1. The van der Waals surface area contributed by atoms with Gasteiger partial charge in [-0.05, 0) is 28.8 Å². The number of alkyl halides is 5. The average molecular weight is 482 g/mol. The highest BCUT2D eigenvalue weighted by Gasteiger charge is 2.59. The van der Waals surface area contributed by atoms with E-state index in [2.05, 4.69) is 25.1 Å². The standard InChI is InChI=1S/C19H13F5N7OS/c1-31-15-11(5-10(7-27-15)18(20,21)19(22,23)24)28-16(31)13-12(33-25)4-9(6-26-13)14-29-17(32-30-14)8-2-3-8/h4-8,25H,2-3H2,1H3/q+1. The fraction of sp³-hybridized carbons (Fsp3) is 0.316. The minimum absolute atomic E-state index is 0.0887. The number of halogens is 5. The van der Waals surface area contributed by atoms with Crippen molar-refractivity contribution < 1.29 is 26.5 Å². The molecule has 14 heteroatoms. The molecule has 0 spiro atoms. The number of aryl methyl sites for hydroxylation is 1. The van der Waals surface area contributed by atoms with Gasteiger partial charge in [0.05, 0.1) is 17.3 Å². The number of nitrogens with zero attached hydrogens (tertiary/aromatic N) is 6. The summed E-state index contributed by atoms with van der Waals surface area (Å²) >= 11 is 0.613. The van der Waals surface area contributed by atoms with Gasteiger partial charge in [0.2, 0.25) is 0 Å². The maximum absolute atomic E-state index is 13.7. The summed E-state index contributed by atoms with van der Waals surface area (Å²) < 4.78 is 80.2. The van der Waals surface area contributed by atoms with E-state index in [0.717, 1.165) is 12.8 Å². The van der Waals surface area contributed by atoms with Gasteiger partial charge in [-0.15, -0.1) is 0 Å². The summed E-state index contributed by atoms with van der Waals surface area (Å²) in [5.41, 5.74) is -0.643. The van der Waals surface area contributed by atoms with Crippen molar-refractivity contribution in [2.75, 3.05) is 0 Å². The van der Waals surface area contributed by atoms with Crippen molar-refractivity contribution in [2.45, 2.75) is 35.8 Å². The zero-order valence-electron chi connectivity index (χ0n) is 16.7. The number of hydrogen-bond acceptors (Lipinski definition) is 5. The maximum Gasteiger partial charge on any atom is 0.458 e. The minimum atomic E-state index is -5.76. The van der Waals surface area contributed by atoms with Crippen LogP contribution in [0.15, 0.2) is 33.9 Å². The van der Waals surface area contributed by atoms with E-state index in [0.29, 0.717) is 46.0 Å². The van der Waals surface area contributed by atoms with Crippen LogP contribution in [0.5, 0.6) is 0 Å². The van der Waals surface area contributed by atoms with Crippen molar-refractivity contribution in [1.82, 2.24) is 29.7 Å². The Morgan fingerprint density at radius 3 is 2.55 bits per heavy atom. The topological polar surface area (TPSA) is 106 Å². The van der Waals surface area contributed by atoms with Crippen molar-refractivity contribution in [3.8, 4) is 22.9 Å². The summed E-state index contributed by atoms with van der Waals surface area (Å²) in [6.45, 7) is 0. The van der Waals surface area contributed by atoms with Gasteiger partial charge in [-0.1, -0.05) is 0 Å². The van der Waals surface area contributed by atoms with Crippen LogP contribution in [0, 0.1) is 4.78 Å². The Labute approximate surface area is 185 Å². The van der Waals surface area contributed by atoms with Gasteiger partial charge in [0, 0.05) is 31.1 Å². The maximum atomic E-state index is 13.7. The summed E-state index contributed by atoms with van der Waals surface area (Å²) in [6, 6.07) is 2.26. The lowest BCUT2D eigenvalue weighted by Gasteiger charge is -2.19. The molecule has 0 bridgehead atoms. The smallest absolute Gasteiger partial charge is 0.344 e. The molecule has 0 aliphatic heterocycles. The Morgan fingerprint density at radius 2 is 1.88 bits per heavy atom. The van der Waals surface area contributed by atoms with Crippen LogP contribution >= 0.6 is 0 Å². The molecular weight excluding hydrogens is 469 g/mol. The van der Waals surface area contributed by atoms with Gasteiger partial charge < -0.3 is 9.55 Å². The molecule has 170 valence electrons. The third kappa shape index (κ3) is 3.53. The lowest BCUT2D eigenvalue weighted by molar-refractivity contribution is -0.289. The second-order valence-corrected chi connectivity index (χ2v) is 8.18. The highest BCUT2D eigenvalue weighted by Crippen LogP contribution is 2.44. The van der Waals surface area contributed by atoms with E-state index in [1.165, 1.54) is 17.8 Å². The normalized spacial score (nSPS) is 14.7. The fourth-order valence-corrected chi connectivity index (χ4v) is 3.71. The SMILES string of the molecule is Cn1c(-c2ncc(-c3nc(C4CC4)[o+][n-]3)cc2[S+]=N)nc2cc(C(F)(F)C(F)(F)F)cnc21. The van der Waals surface area contributed by atoms with E-state index < -0.39 is 17.7 Å². The first kappa shape index (κ1) is 21.4. The molecule has 4 heterocycles. The summed E-state index contributed by atoms with van der Waals surface area (Å²) in [5.74, 6) is -3.79. The third-order valence-corrected chi connectivity index (χ3v) is 5.76. The van der Waals surface area contributed by atoms with Crippen LogP contribution in [-0.4, -0.2) is 30.7 Å². The van der Waals surface area contributed by atoms with Gasteiger partial charge in [0.25, 0.3) is 4.90 Å². The van der Waals surface area contributed by atoms with E-state index in [1.807, 2.05) is 0 Å². The monoisotopic (exact) mass is 482 g/mol. The first-order valence-corrected chi connectivity index (χ1v) is 10.4. The van der Waals surface area contributed by atoms with E-state index in [-0.39, 0.29) is 28.6 Å². The van der Waals surface area contributed by atoms with Crippen LogP contribution in [-0.2, 0) is 24.5 Å². The number of pyridine rings is 2. The average Bonchev–Trinajstić information content (AvgIpc) is 3.42. The first-order chi connectivity index (χ1) is 15.6. The molecule has 1 aliphatic rings. The molecule has 4 aromatic rings. The van der Waals surface area contributed by atoms with Crippen molar-refractivity contribution in [2.24, 2.45) is 7.05 Å². The predicted molar refractivity (Wildman–Crippen MR) is 105 cm³/mol. The molecule has 1 fully saturated rings. The Kier molecular flexibility index (Phi) is 4.74. The van der Waals surface area contributed by atoms with Gasteiger partial charge in [-0.3, -0.25) is 0 Å². The molecule has 1 aliphatic carbocycles. The number of rotatable bonds is 5. The largest absolute Gasteiger partial charge is 0.458 e. The van der Waals surface area contributed by atoms with E-state index in [4.69, 9.17) is 9.30 Å². The Balaban J connectivity index is 1.56. The molecule has 0 aromatic carbocycles. The summed E-state index contributed by atoms with van der Waals surface area (Å²) in [7, 11) is 1.52. The number of imidazole rings is 1. The summed E-state index contributed by atoms with van der Waals surface area (Å²) in [4.78, 5) is 17.0. The molecule has 4 aromatic heterocycles. The van der Waals surface area contributed by atoms with Gasteiger partial charge in [0.1, 0.15) is 5.52 Å². The number of hydrogen-bond donors (Lipinski definition) is 1. The first-order valence-electron chi connectivity index (χ1n) is 9.55. The zero-order valence-corrected chi connectivity index (χ0v) is 17.5. The van der Waals surface area contributed by atoms with Crippen LogP contribution in [0.4, 0.5) is 22.0 Å². The summed E-state index contributed by atoms with van der Waals surface area (Å²) in [6.07, 6.45) is -1.85. The van der Waals surface area contributed by atoms with E-state index in [9.17, 15) is 22.0 Å². The molecule has 8 nitrogen and oxygen atoms in total. The van der Waals surface area contributed by atoms with Crippen LogP contribution in [0.25, 0.3) is 34.1 Å². The van der Waals surface area contributed by atoms with Crippen LogP contribution in [0.1, 0.15) is 30.2 Å². The van der Waals surface area contributed by atoms with Crippen molar-refractivity contribution in [3.63, 3.8) is 0 Å².